The third-order valence-corrected chi connectivity index (χ3v) is 7.75. The Balaban J connectivity index is 3.75. The fraction of sp³-hybridized carbons (Fsp3) is 0.532. The van der Waals surface area contributed by atoms with Crippen molar-refractivity contribution in [3.05, 3.63) is 122 Å². The number of carbonyl (C=O) groups is 2. The van der Waals surface area contributed by atoms with E-state index in [9.17, 15) is 14.7 Å². The van der Waals surface area contributed by atoms with Crippen molar-refractivity contribution in [3.8, 4) is 0 Å². The van der Waals surface area contributed by atoms with Crippen LogP contribution < -0.4 is 0 Å². The van der Waals surface area contributed by atoms with Gasteiger partial charge in [-0.05, 0) is 103 Å². The summed E-state index contributed by atoms with van der Waals surface area (Å²) < 4.78 is 10.6. The van der Waals surface area contributed by atoms with Crippen molar-refractivity contribution in [1.29, 1.82) is 0 Å². The Hall–Kier alpha value is -3.70. The summed E-state index contributed by atoms with van der Waals surface area (Å²) in [5.74, 6) is -0.684. The van der Waals surface area contributed by atoms with Gasteiger partial charge in [-0.2, -0.15) is 0 Å². The largest absolute Gasteiger partial charge is 0.462 e. The number of aliphatic hydroxyl groups excluding tert-OH is 1. The van der Waals surface area contributed by atoms with Gasteiger partial charge >= 0.3 is 11.9 Å². The molecule has 1 N–H and O–H groups in total. The van der Waals surface area contributed by atoms with E-state index in [0.717, 1.165) is 109 Å². The maximum atomic E-state index is 12.2. The molecule has 0 fully saturated rings. The van der Waals surface area contributed by atoms with Crippen LogP contribution in [-0.4, -0.2) is 36.4 Å². The van der Waals surface area contributed by atoms with Crippen LogP contribution in [0.3, 0.4) is 0 Å². The van der Waals surface area contributed by atoms with E-state index < -0.39 is 6.10 Å². The Labute approximate surface area is 318 Å². The number of unbranched alkanes of at least 4 members (excludes halogenated alkanes) is 6. The highest BCUT2D eigenvalue weighted by Crippen LogP contribution is 2.09. The Morgan fingerprint density at radius 1 is 0.442 bits per heavy atom. The maximum absolute atomic E-state index is 12.2. The van der Waals surface area contributed by atoms with Crippen LogP contribution in [0.4, 0.5) is 0 Å². The zero-order valence-electron chi connectivity index (χ0n) is 32.8. The second-order valence-corrected chi connectivity index (χ2v) is 12.6. The molecule has 5 heteroatoms. The van der Waals surface area contributed by atoms with E-state index in [1.807, 2.05) is 0 Å². The number of carbonyl (C=O) groups excluding carboxylic acids is 2. The van der Waals surface area contributed by atoms with Gasteiger partial charge < -0.3 is 14.6 Å². The maximum Gasteiger partial charge on any atom is 0.306 e. The normalized spacial score (nSPS) is 13.5. The van der Waals surface area contributed by atoms with Crippen molar-refractivity contribution >= 4 is 11.9 Å². The van der Waals surface area contributed by atoms with Crippen LogP contribution in [0.15, 0.2) is 122 Å². The molecule has 0 saturated heterocycles. The summed E-state index contributed by atoms with van der Waals surface area (Å²) in [6.45, 7) is 3.82. The number of allylic oxidation sites excluding steroid dienone is 20. The smallest absolute Gasteiger partial charge is 0.306 e. The van der Waals surface area contributed by atoms with Gasteiger partial charge in [-0.3, -0.25) is 9.59 Å². The van der Waals surface area contributed by atoms with E-state index in [4.69, 9.17) is 9.47 Å². The van der Waals surface area contributed by atoms with Crippen LogP contribution >= 0.6 is 0 Å². The van der Waals surface area contributed by atoms with Crippen LogP contribution in [0.2, 0.25) is 0 Å². The molecule has 0 aromatic heterocycles. The van der Waals surface area contributed by atoms with Gasteiger partial charge in [0.1, 0.15) is 6.61 Å². The minimum atomic E-state index is -0.814. The first kappa shape index (κ1) is 48.3. The summed E-state index contributed by atoms with van der Waals surface area (Å²) >= 11 is 0. The summed E-state index contributed by atoms with van der Waals surface area (Å²) in [5, 5.41) is 9.56. The second kappa shape index (κ2) is 41.7. The summed E-state index contributed by atoms with van der Waals surface area (Å²) in [6.07, 6.45) is 61.1. The van der Waals surface area contributed by atoms with Crippen LogP contribution in [0.5, 0.6) is 0 Å². The molecule has 0 aliphatic heterocycles. The van der Waals surface area contributed by atoms with Crippen LogP contribution in [0, 0.1) is 0 Å². The molecule has 1 unspecified atom stereocenters. The second-order valence-electron chi connectivity index (χ2n) is 12.6. The van der Waals surface area contributed by atoms with Crippen molar-refractivity contribution < 1.29 is 24.2 Å². The lowest BCUT2D eigenvalue weighted by Gasteiger charge is -2.15. The molecule has 52 heavy (non-hydrogen) atoms. The standard InChI is InChI=1S/C47H72O5/c1-3-5-7-9-11-13-15-17-19-21-22-23-24-26-28-30-32-34-36-38-40-42-47(50)52-45(43-48)44-51-46(49)41-39-37-35-33-31-29-27-25-20-18-16-14-12-10-8-6-4-2/h5-8,11-14,17-20,22-23,26-29,32,34,45,48H,3-4,9-10,15-16,21,24-25,30-31,33,35-44H2,1-2H3/b7-5-,8-6-,13-11-,14-12-,19-17-,20-18-,23-22-,28-26-,29-27-,34-32-. The SMILES string of the molecule is CC/C=C\C/C=C\C/C=C\C/C=C\C/C=C\C/C=C\CCCCC(=O)OC(CO)COC(=O)CCCCCC/C=C\C/C=C\C/C=C\C/C=C\CC. The molecule has 0 amide bonds. The Kier molecular flexibility index (Phi) is 38.8. The number of esters is 2. The van der Waals surface area contributed by atoms with Gasteiger partial charge in [0, 0.05) is 12.8 Å². The van der Waals surface area contributed by atoms with E-state index in [0.29, 0.717) is 12.8 Å². The number of aliphatic hydroxyl groups is 1. The van der Waals surface area contributed by atoms with E-state index >= 15 is 0 Å². The van der Waals surface area contributed by atoms with Gasteiger partial charge in [0.05, 0.1) is 6.61 Å². The highest BCUT2D eigenvalue weighted by molar-refractivity contribution is 5.70. The predicted octanol–water partition coefficient (Wildman–Crippen LogP) is 12.8. The fourth-order valence-electron chi connectivity index (χ4n) is 4.78. The summed E-state index contributed by atoms with van der Waals surface area (Å²) in [5.41, 5.74) is 0. The van der Waals surface area contributed by atoms with Gasteiger partial charge in [-0.25, -0.2) is 0 Å². The molecule has 0 aromatic rings. The minimum absolute atomic E-state index is 0.106. The van der Waals surface area contributed by atoms with Gasteiger partial charge in [-0.15, -0.1) is 0 Å². The average molecular weight is 717 g/mol. The number of rotatable bonds is 34. The average Bonchev–Trinajstić information content (AvgIpc) is 3.15. The van der Waals surface area contributed by atoms with Crippen LogP contribution in [0.25, 0.3) is 0 Å². The van der Waals surface area contributed by atoms with Crippen molar-refractivity contribution in [3.63, 3.8) is 0 Å². The molecule has 5 nitrogen and oxygen atoms in total. The molecule has 290 valence electrons. The first-order valence-electron chi connectivity index (χ1n) is 20.1. The quantitative estimate of drug-likeness (QED) is 0.0408. The summed E-state index contributed by atoms with van der Waals surface area (Å²) in [4.78, 5) is 24.3. The van der Waals surface area contributed by atoms with Gasteiger partial charge in [0.2, 0.25) is 0 Å². The van der Waals surface area contributed by atoms with E-state index in [-0.39, 0.29) is 31.6 Å². The van der Waals surface area contributed by atoms with Crippen LogP contribution in [-0.2, 0) is 19.1 Å². The number of ether oxygens (including phenoxy) is 2. The van der Waals surface area contributed by atoms with Gasteiger partial charge in [0.25, 0.3) is 0 Å². The molecular weight excluding hydrogens is 645 g/mol. The lowest BCUT2D eigenvalue weighted by Crippen LogP contribution is -2.28. The lowest BCUT2D eigenvalue weighted by atomic mass is 10.1. The number of hydrogen-bond donors (Lipinski definition) is 1. The highest BCUT2D eigenvalue weighted by atomic mass is 16.6. The predicted molar refractivity (Wildman–Crippen MR) is 223 cm³/mol. The Bertz CT molecular complexity index is 1130. The topological polar surface area (TPSA) is 72.8 Å². The van der Waals surface area contributed by atoms with Gasteiger partial charge in [0.15, 0.2) is 6.10 Å². The third-order valence-electron chi connectivity index (χ3n) is 7.75. The first-order valence-corrected chi connectivity index (χ1v) is 20.1. The first-order chi connectivity index (χ1) is 25.6. The molecule has 0 radical (unpaired) electrons. The van der Waals surface area contributed by atoms with Crippen LogP contribution in [0.1, 0.15) is 142 Å². The zero-order chi connectivity index (χ0) is 37.8. The van der Waals surface area contributed by atoms with Crippen molar-refractivity contribution in [2.45, 2.75) is 148 Å². The molecule has 0 aromatic carbocycles. The third kappa shape index (κ3) is 39.1. The summed E-state index contributed by atoms with van der Waals surface area (Å²) in [6, 6.07) is 0. The monoisotopic (exact) mass is 717 g/mol. The summed E-state index contributed by atoms with van der Waals surface area (Å²) in [7, 11) is 0. The number of hydrogen-bond acceptors (Lipinski definition) is 5. The molecular formula is C47H72O5. The molecule has 0 saturated carbocycles. The molecule has 0 rings (SSSR count). The molecule has 0 aliphatic rings. The Morgan fingerprint density at radius 2 is 0.769 bits per heavy atom. The molecule has 0 heterocycles. The highest BCUT2D eigenvalue weighted by Gasteiger charge is 2.16. The fourth-order valence-corrected chi connectivity index (χ4v) is 4.78. The van der Waals surface area contributed by atoms with Crippen molar-refractivity contribution in [2.75, 3.05) is 13.2 Å². The zero-order valence-corrected chi connectivity index (χ0v) is 32.8. The van der Waals surface area contributed by atoms with E-state index in [1.165, 1.54) is 0 Å². The van der Waals surface area contributed by atoms with Crippen molar-refractivity contribution in [1.82, 2.24) is 0 Å². The minimum Gasteiger partial charge on any atom is -0.462 e. The molecule has 0 aliphatic carbocycles. The molecule has 1 atom stereocenters. The lowest BCUT2D eigenvalue weighted by molar-refractivity contribution is -0.161. The van der Waals surface area contributed by atoms with Crippen molar-refractivity contribution in [2.24, 2.45) is 0 Å². The molecule has 0 spiro atoms. The van der Waals surface area contributed by atoms with Gasteiger partial charge in [-0.1, -0.05) is 148 Å². The Morgan fingerprint density at radius 3 is 1.17 bits per heavy atom. The van der Waals surface area contributed by atoms with E-state index in [1.54, 1.807) is 0 Å². The van der Waals surface area contributed by atoms with E-state index in [2.05, 4.69) is 135 Å². The molecule has 0 bridgehead atoms.